The number of nitrogens with zero attached hydrogens (tertiary/aromatic N) is 1. The Balaban J connectivity index is 2.10. The molecule has 0 bridgehead atoms. The first-order valence-corrected chi connectivity index (χ1v) is 6.13. The van der Waals surface area contributed by atoms with Crippen LogP contribution in [0.1, 0.15) is 0 Å². The predicted octanol–water partition coefficient (Wildman–Crippen LogP) is 1.18. The number of halogens is 1. The van der Waals surface area contributed by atoms with Gasteiger partial charge >= 0.3 is 0 Å². The maximum atomic E-state index is 11.9. The molecule has 1 saturated heterocycles. The number of benzene rings is 1. The Morgan fingerprint density at radius 3 is 3.19 bits per heavy atom. The van der Waals surface area contributed by atoms with Crippen LogP contribution in [0.3, 0.4) is 0 Å². The topological polar surface area (TPSA) is 44.4 Å². The van der Waals surface area contributed by atoms with E-state index in [0.29, 0.717) is 0 Å². The summed E-state index contributed by atoms with van der Waals surface area (Å²) in [5.41, 5.74) is 2.01. The largest absolute Gasteiger partial charge is 0.355 e. The van der Waals surface area contributed by atoms with Crippen LogP contribution in [0.5, 0.6) is 0 Å². The second-order valence-corrected chi connectivity index (χ2v) is 4.89. The van der Waals surface area contributed by atoms with E-state index in [-0.39, 0.29) is 11.9 Å². The first kappa shape index (κ1) is 10.1. The maximum Gasteiger partial charge on any atom is 0.248 e. The zero-order valence-corrected chi connectivity index (χ0v) is 10.3. The van der Waals surface area contributed by atoms with Crippen LogP contribution in [0.25, 0.3) is 0 Å². The number of para-hydroxylation sites is 1. The van der Waals surface area contributed by atoms with Crippen molar-refractivity contribution < 1.29 is 4.79 Å². The van der Waals surface area contributed by atoms with E-state index < -0.39 is 0 Å². The number of nitrogens with one attached hydrogen (secondary N) is 2. The van der Waals surface area contributed by atoms with Crippen LogP contribution in [0.2, 0.25) is 0 Å². The van der Waals surface area contributed by atoms with Crippen LogP contribution < -0.4 is 15.5 Å². The van der Waals surface area contributed by atoms with Crippen LogP contribution in [0, 0.1) is 0 Å². The third-order valence-electron chi connectivity index (χ3n) is 3.10. The minimum atomic E-state index is -0.0736. The third kappa shape index (κ3) is 1.43. The fourth-order valence-electron chi connectivity index (χ4n) is 2.31. The molecule has 1 fully saturated rings. The fraction of sp³-hybridized carbons (Fsp3) is 0.364. The molecule has 0 aromatic heterocycles. The molecule has 1 atom stereocenters. The van der Waals surface area contributed by atoms with Gasteiger partial charge in [0.2, 0.25) is 5.91 Å². The van der Waals surface area contributed by atoms with E-state index in [2.05, 4.69) is 37.5 Å². The molecule has 3 rings (SSSR count). The highest BCUT2D eigenvalue weighted by Gasteiger charge is 2.35. The van der Waals surface area contributed by atoms with E-state index in [1.165, 1.54) is 0 Å². The van der Waals surface area contributed by atoms with Gasteiger partial charge in [0, 0.05) is 24.1 Å². The molecule has 5 heteroatoms. The Kier molecular flexibility index (Phi) is 2.37. The third-order valence-corrected chi connectivity index (χ3v) is 3.76. The summed E-state index contributed by atoms with van der Waals surface area (Å²) >= 11 is 3.47. The summed E-state index contributed by atoms with van der Waals surface area (Å²) < 4.78 is 0.940. The second-order valence-electron chi connectivity index (χ2n) is 4.04. The van der Waals surface area contributed by atoms with E-state index in [1.54, 1.807) is 0 Å². The number of carbonyl (C=O) groups excluding carboxylic acids is 1. The van der Waals surface area contributed by atoms with Gasteiger partial charge in [-0.25, -0.2) is 0 Å². The summed E-state index contributed by atoms with van der Waals surface area (Å²) in [6.45, 7) is 2.52. The highest BCUT2D eigenvalue weighted by Crippen LogP contribution is 2.37. The number of anilines is 2. The van der Waals surface area contributed by atoms with Gasteiger partial charge in [-0.15, -0.1) is 0 Å². The molecule has 2 N–H and O–H groups in total. The monoisotopic (exact) mass is 281 g/mol. The minimum Gasteiger partial charge on any atom is -0.355 e. The van der Waals surface area contributed by atoms with E-state index in [0.717, 1.165) is 35.5 Å². The quantitative estimate of drug-likeness (QED) is 0.751. The molecule has 84 valence electrons. The first-order valence-electron chi connectivity index (χ1n) is 5.34. The molecule has 0 saturated carbocycles. The van der Waals surface area contributed by atoms with Crippen molar-refractivity contribution in [3.05, 3.63) is 22.7 Å². The lowest BCUT2D eigenvalue weighted by atomic mass is 10.1. The van der Waals surface area contributed by atoms with E-state index in [1.807, 2.05) is 12.1 Å². The lowest BCUT2D eigenvalue weighted by molar-refractivity contribution is -0.117. The molecular formula is C11H12BrN3O. The summed E-state index contributed by atoms with van der Waals surface area (Å²) in [4.78, 5) is 14.1. The Bertz CT molecular complexity index is 449. The Labute approximate surface area is 102 Å². The molecule has 2 aliphatic rings. The number of carbonyl (C=O) groups is 1. The fourth-order valence-corrected chi connectivity index (χ4v) is 2.76. The normalized spacial score (nSPS) is 23.4. The molecule has 0 spiro atoms. The van der Waals surface area contributed by atoms with Gasteiger partial charge in [0.1, 0.15) is 6.04 Å². The maximum absolute atomic E-state index is 11.9. The van der Waals surface area contributed by atoms with Crippen LogP contribution >= 0.6 is 15.9 Å². The molecule has 2 aliphatic heterocycles. The zero-order valence-electron chi connectivity index (χ0n) is 8.66. The van der Waals surface area contributed by atoms with Gasteiger partial charge in [0.05, 0.1) is 11.4 Å². The molecule has 1 amide bonds. The Morgan fingerprint density at radius 2 is 2.31 bits per heavy atom. The number of hydrogen-bond donors (Lipinski definition) is 2. The van der Waals surface area contributed by atoms with Gasteiger partial charge in [-0.05, 0) is 28.1 Å². The van der Waals surface area contributed by atoms with Crippen LogP contribution in [0.15, 0.2) is 22.7 Å². The van der Waals surface area contributed by atoms with Crippen LogP contribution in [0.4, 0.5) is 11.4 Å². The van der Waals surface area contributed by atoms with Crippen molar-refractivity contribution >= 4 is 33.2 Å². The Morgan fingerprint density at radius 1 is 1.44 bits per heavy atom. The van der Waals surface area contributed by atoms with Crippen molar-refractivity contribution in [1.29, 1.82) is 0 Å². The summed E-state index contributed by atoms with van der Waals surface area (Å²) in [7, 11) is 0. The van der Waals surface area contributed by atoms with Gasteiger partial charge in [-0.3, -0.25) is 4.79 Å². The van der Waals surface area contributed by atoms with Gasteiger partial charge in [-0.2, -0.15) is 0 Å². The van der Waals surface area contributed by atoms with Crippen molar-refractivity contribution in [3.8, 4) is 0 Å². The van der Waals surface area contributed by atoms with Crippen LogP contribution in [-0.4, -0.2) is 31.6 Å². The number of amides is 1. The molecule has 2 heterocycles. The van der Waals surface area contributed by atoms with Gasteiger partial charge in [0.15, 0.2) is 0 Å². The van der Waals surface area contributed by atoms with Crippen LogP contribution in [-0.2, 0) is 4.79 Å². The van der Waals surface area contributed by atoms with Crippen molar-refractivity contribution in [2.45, 2.75) is 6.04 Å². The molecule has 1 unspecified atom stereocenters. The number of hydrogen-bond acceptors (Lipinski definition) is 3. The lowest BCUT2D eigenvalue weighted by Crippen LogP contribution is -2.58. The predicted molar refractivity (Wildman–Crippen MR) is 66.8 cm³/mol. The minimum absolute atomic E-state index is 0.0736. The van der Waals surface area contributed by atoms with Crippen molar-refractivity contribution in [1.82, 2.24) is 5.32 Å². The van der Waals surface area contributed by atoms with Gasteiger partial charge in [0.25, 0.3) is 0 Å². The highest BCUT2D eigenvalue weighted by molar-refractivity contribution is 9.10. The average Bonchev–Trinajstić information content (AvgIpc) is 2.31. The highest BCUT2D eigenvalue weighted by atomic mass is 79.9. The Hall–Kier alpha value is -1.07. The SMILES string of the molecule is O=C1Nc2c(Br)cccc2N2CCNCC12. The van der Waals surface area contributed by atoms with Gasteiger partial charge < -0.3 is 15.5 Å². The smallest absolute Gasteiger partial charge is 0.248 e. The molecule has 1 aromatic rings. The van der Waals surface area contributed by atoms with Crippen molar-refractivity contribution in [2.24, 2.45) is 0 Å². The summed E-state index contributed by atoms with van der Waals surface area (Å²) in [6.07, 6.45) is 0. The molecular weight excluding hydrogens is 270 g/mol. The molecule has 0 radical (unpaired) electrons. The van der Waals surface area contributed by atoms with E-state index in [9.17, 15) is 4.79 Å². The summed E-state index contributed by atoms with van der Waals surface area (Å²) in [5, 5.41) is 6.21. The van der Waals surface area contributed by atoms with E-state index in [4.69, 9.17) is 0 Å². The van der Waals surface area contributed by atoms with Crippen molar-refractivity contribution in [3.63, 3.8) is 0 Å². The number of piperazine rings is 1. The zero-order chi connectivity index (χ0) is 11.1. The molecule has 0 aliphatic carbocycles. The second kappa shape index (κ2) is 3.75. The summed E-state index contributed by atoms with van der Waals surface area (Å²) in [6, 6.07) is 5.93. The average molecular weight is 282 g/mol. The molecule has 4 nitrogen and oxygen atoms in total. The van der Waals surface area contributed by atoms with E-state index >= 15 is 0 Å². The lowest BCUT2D eigenvalue weighted by Gasteiger charge is -2.41. The molecule has 16 heavy (non-hydrogen) atoms. The summed E-state index contributed by atoms with van der Waals surface area (Å²) in [5.74, 6) is 0.0756. The number of fused-ring (bicyclic) bond motifs is 3. The first-order chi connectivity index (χ1) is 7.77. The molecule has 1 aromatic carbocycles. The number of rotatable bonds is 0. The van der Waals surface area contributed by atoms with Crippen molar-refractivity contribution in [2.75, 3.05) is 29.9 Å². The van der Waals surface area contributed by atoms with Gasteiger partial charge in [-0.1, -0.05) is 6.07 Å². The standard InChI is InChI=1S/C11H12BrN3O/c12-7-2-1-3-8-10(7)14-11(16)9-6-13-4-5-15(8)9/h1-3,9,13H,4-6H2,(H,14,16).